The molecule has 4 heteroatoms. The van der Waals surface area contributed by atoms with Gasteiger partial charge in [-0.25, -0.2) is 0 Å². The molecule has 1 aromatic carbocycles. The number of aldehydes is 1. The molecule has 1 atom stereocenters. The third-order valence-electron chi connectivity index (χ3n) is 5.43. The van der Waals surface area contributed by atoms with Crippen LogP contribution in [0.1, 0.15) is 62.0 Å². The molecule has 23 heavy (non-hydrogen) atoms. The van der Waals surface area contributed by atoms with Gasteiger partial charge in [-0.15, -0.1) is 11.6 Å². The van der Waals surface area contributed by atoms with E-state index in [1.165, 1.54) is 12.0 Å². The molecule has 0 saturated heterocycles. The lowest BCUT2D eigenvalue weighted by Crippen LogP contribution is -2.55. The summed E-state index contributed by atoms with van der Waals surface area (Å²) in [6.45, 7) is 0.516. The number of hydrogen-bond donors (Lipinski definition) is 0. The van der Waals surface area contributed by atoms with Gasteiger partial charge >= 0.3 is 0 Å². The Hall–Kier alpha value is -1.35. The third-order valence-corrected chi connectivity index (χ3v) is 5.70. The molecule has 0 aromatic heterocycles. The second-order valence-corrected chi connectivity index (χ2v) is 7.10. The molecule has 124 valence electrons. The average Bonchev–Trinajstić information content (AvgIpc) is 2.61. The van der Waals surface area contributed by atoms with Gasteiger partial charge in [0.1, 0.15) is 6.29 Å². The molecule has 1 aromatic rings. The molecule has 1 aliphatic carbocycles. The predicted molar refractivity (Wildman–Crippen MR) is 91.7 cm³/mol. The van der Waals surface area contributed by atoms with E-state index in [-0.39, 0.29) is 17.4 Å². The van der Waals surface area contributed by atoms with E-state index in [0.717, 1.165) is 37.5 Å². The molecule has 0 radical (unpaired) electrons. The van der Waals surface area contributed by atoms with Crippen LogP contribution in [-0.4, -0.2) is 29.5 Å². The number of fused-ring (bicyclic) bond motifs is 2. The van der Waals surface area contributed by atoms with Crippen molar-refractivity contribution in [3.8, 4) is 0 Å². The lowest BCUT2D eigenvalue weighted by molar-refractivity contribution is -0.141. The van der Waals surface area contributed by atoms with Crippen molar-refractivity contribution < 1.29 is 9.59 Å². The minimum Gasteiger partial charge on any atom is -0.332 e. The summed E-state index contributed by atoms with van der Waals surface area (Å²) >= 11 is 5.77. The number of halogens is 1. The van der Waals surface area contributed by atoms with E-state index in [2.05, 4.69) is 12.1 Å². The van der Waals surface area contributed by atoms with Crippen molar-refractivity contribution in [3.05, 3.63) is 35.4 Å². The van der Waals surface area contributed by atoms with Gasteiger partial charge in [-0.2, -0.15) is 0 Å². The van der Waals surface area contributed by atoms with Crippen LogP contribution in [-0.2, 0) is 15.1 Å². The van der Waals surface area contributed by atoms with Crippen molar-refractivity contribution in [2.75, 3.05) is 12.4 Å². The summed E-state index contributed by atoms with van der Waals surface area (Å²) in [4.78, 5) is 26.5. The second-order valence-electron chi connectivity index (χ2n) is 6.72. The van der Waals surface area contributed by atoms with Gasteiger partial charge in [0.05, 0.1) is 11.5 Å². The van der Waals surface area contributed by atoms with Crippen LogP contribution in [0.3, 0.4) is 0 Å². The van der Waals surface area contributed by atoms with Gasteiger partial charge in [0.15, 0.2) is 0 Å². The standard InChI is InChI=1S/C19H24ClNO2/c20-12-6-9-18(23)21-13-15(14-22)16-7-2-3-8-17(16)19(21)10-4-1-5-11-19/h2-3,7-8,14-15H,1,4-6,9-13H2. The van der Waals surface area contributed by atoms with Gasteiger partial charge in [0, 0.05) is 18.8 Å². The summed E-state index contributed by atoms with van der Waals surface area (Å²) in [5.41, 5.74) is 2.10. The van der Waals surface area contributed by atoms with E-state index in [9.17, 15) is 9.59 Å². The van der Waals surface area contributed by atoms with Crippen molar-refractivity contribution in [1.82, 2.24) is 4.90 Å². The van der Waals surface area contributed by atoms with Crippen LogP contribution in [0.15, 0.2) is 24.3 Å². The number of amides is 1. The molecule has 0 bridgehead atoms. The lowest BCUT2D eigenvalue weighted by atomic mass is 9.69. The number of nitrogens with zero attached hydrogens (tertiary/aromatic N) is 1. The highest BCUT2D eigenvalue weighted by atomic mass is 35.5. The Balaban J connectivity index is 2.04. The first-order chi connectivity index (χ1) is 11.2. The number of hydrogen-bond acceptors (Lipinski definition) is 2. The molecule has 1 amide bonds. The molecule has 3 nitrogen and oxygen atoms in total. The van der Waals surface area contributed by atoms with E-state index in [1.807, 2.05) is 17.0 Å². The Morgan fingerprint density at radius 2 is 2.00 bits per heavy atom. The number of carbonyl (C=O) groups excluding carboxylic acids is 2. The molecule has 1 heterocycles. The summed E-state index contributed by atoms with van der Waals surface area (Å²) in [7, 11) is 0. The van der Waals surface area contributed by atoms with E-state index >= 15 is 0 Å². The molecule has 1 aliphatic heterocycles. The largest absolute Gasteiger partial charge is 0.332 e. The van der Waals surface area contributed by atoms with Crippen molar-refractivity contribution >= 4 is 23.8 Å². The first-order valence-electron chi connectivity index (χ1n) is 8.64. The smallest absolute Gasteiger partial charge is 0.223 e. The fraction of sp³-hybridized carbons (Fsp3) is 0.579. The van der Waals surface area contributed by atoms with E-state index in [0.29, 0.717) is 25.3 Å². The zero-order valence-electron chi connectivity index (χ0n) is 13.5. The van der Waals surface area contributed by atoms with Crippen molar-refractivity contribution in [1.29, 1.82) is 0 Å². The van der Waals surface area contributed by atoms with Crippen LogP contribution in [0.2, 0.25) is 0 Å². The molecule has 1 spiro atoms. The predicted octanol–water partition coefficient (Wildman–Crippen LogP) is 3.99. The maximum absolute atomic E-state index is 12.9. The van der Waals surface area contributed by atoms with Gasteiger partial charge < -0.3 is 9.69 Å². The van der Waals surface area contributed by atoms with Crippen LogP contribution in [0.4, 0.5) is 0 Å². The minimum atomic E-state index is -0.211. The van der Waals surface area contributed by atoms with Gasteiger partial charge in [0.2, 0.25) is 5.91 Å². The Kier molecular flexibility index (Phi) is 5.05. The third kappa shape index (κ3) is 2.91. The summed E-state index contributed by atoms with van der Waals surface area (Å²) in [6.07, 6.45) is 7.67. The summed E-state index contributed by atoms with van der Waals surface area (Å²) < 4.78 is 0. The first kappa shape index (κ1) is 16.5. The summed E-state index contributed by atoms with van der Waals surface area (Å²) in [6, 6.07) is 8.21. The topological polar surface area (TPSA) is 37.4 Å². The Bertz CT molecular complexity index is 580. The van der Waals surface area contributed by atoms with E-state index < -0.39 is 0 Å². The van der Waals surface area contributed by atoms with Gasteiger partial charge in [-0.05, 0) is 30.4 Å². The normalized spacial score (nSPS) is 22.7. The van der Waals surface area contributed by atoms with Crippen LogP contribution < -0.4 is 0 Å². The van der Waals surface area contributed by atoms with Crippen molar-refractivity contribution in [2.45, 2.75) is 56.4 Å². The highest BCUT2D eigenvalue weighted by molar-refractivity contribution is 6.17. The number of carbonyl (C=O) groups is 2. The maximum atomic E-state index is 12.9. The van der Waals surface area contributed by atoms with Crippen LogP contribution in [0, 0.1) is 0 Å². The Morgan fingerprint density at radius 1 is 1.26 bits per heavy atom. The molecular formula is C19H24ClNO2. The zero-order chi connectivity index (χ0) is 16.3. The van der Waals surface area contributed by atoms with Crippen molar-refractivity contribution in [2.24, 2.45) is 0 Å². The number of benzene rings is 1. The highest BCUT2D eigenvalue weighted by Crippen LogP contribution is 2.48. The fourth-order valence-corrected chi connectivity index (χ4v) is 4.48. The molecule has 1 unspecified atom stereocenters. The first-order valence-corrected chi connectivity index (χ1v) is 9.17. The average molecular weight is 334 g/mol. The number of alkyl halides is 1. The van der Waals surface area contributed by atoms with Crippen LogP contribution in [0.5, 0.6) is 0 Å². The molecule has 1 fully saturated rings. The summed E-state index contributed by atoms with van der Waals surface area (Å²) in [5.74, 6) is 0.438. The van der Waals surface area contributed by atoms with E-state index in [4.69, 9.17) is 11.6 Å². The van der Waals surface area contributed by atoms with Crippen LogP contribution in [0.25, 0.3) is 0 Å². The number of rotatable bonds is 4. The van der Waals surface area contributed by atoms with Crippen LogP contribution >= 0.6 is 11.6 Å². The minimum absolute atomic E-state index is 0.147. The molecule has 0 N–H and O–H groups in total. The van der Waals surface area contributed by atoms with Gasteiger partial charge in [-0.3, -0.25) is 4.79 Å². The quantitative estimate of drug-likeness (QED) is 0.617. The second kappa shape index (κ2) is 7.04. The van der Waals surface area contributed by atoms with Crippen molar-refractivity contribution in [3.63, 3.8) is 0 Å². The Morgan fingerprint density at radius 3 is 2.70 bits per heavy atom. The zero-order valence-corrected chi connectivity index (χ0v) is 14.2. The molecule has 1 saturated carbocycles. The lowest BCUT2D eigenvalue weighted by Gasteiger charge is -2.52. The monoisotopic (exact) mass is 333 g/mol. The van der Waals surface area contributed by atoms with E-state index in [1.54, 1.807) is 0 Å². The fourth-order valence-electron chi connectivity index (χ4n) is 4.35. The molecular weight excluding hydrogens is 310 g/mol. The Labute approximate surface area is 143 Å². The van der Waals surface area contributed by atoms with Gasteiger partial charge in [-0.1, -0.05) is 43.5 Å². The molecule has 3 rings (SSSR count). The van der Waals surface area contributed by atoms with Gasteiger partial charge in [0.25, 0.3) is 0 Å². The SMILES string of the molecule is O=CC1CN(C(=O)CCCCl)C2(CCCCC2)c2ccccc21. The molecule has 2 aliphatic rings. The highest BCUT2D eigenvalue weighted by Gasteiger charge is 2.47. The maximum Gasteiger partial charge on any atom is 0.223 e. The summed E-state index contributed by atoms with van der Waals surface area (Å²) in [5, 5.41) is 0.